The van der Waals surface area contributed by atoms with Crippen LogP contribution in [0.2, 0.25) is 0 Å². The van der Waals surface area contributed by atoms with Gasteiger partial charge in [-0.3, -0.25) is 4.79 Å². The van der Waals surface area contributed by atoms with Gasteiger partial charge in [-0.15, -0.1) is 0 Å². The van der Waals surface area contributed by atoms with Gasteiger partial charge in [0.05, 0.1) is 37.1 Å². The zero-order valence-corrected chi connectivity index (χ0v) is 15.1. The van der Waals surface area contributed by atoms with Gasteiger partial charge in [0, 0.05) is 18.0 Å². The number of hydrogen-bond donors (Lipinski definition) is 1. The van der Waals surface area contributed by atoms with Gasteiger partial charge in [0.25, 0.3) is 0 Å². The lowest BCUT2D eigenvalue weighted by atomic mass is 9.33. The van der Waals surface area contributed by atoms with E-state index in [4.69, 9.17) is 4.74 Å². The van der Waals surface area contributed by atoms with Crippen molar-refractivity contribution in [3.05, 3.63) is 47.2 Å². The van der Waals surface area contributed by atoms with E-state index in [0.717, 1.165) is 12.1 Å². The predicted molar refractivity (Wildman–Crippen MR) is 97.0 cm³/mol. The number of methoxy groups -OCH3 is 1. The summed E-state index contributed by atoms with van der Waals surface area (Å²) in [6.45, 7) is 3.46. The van der Waals surface area contributed by atoms with E-state index in [2.05, 4.69) is 42.6 Å². The van der Waals surface area contributed by atoms with Crippen LogP contribution in [0.4, 0.5) is 5.69 Å². The smallest absolute Gasteiger partial charge is 0.311 e. The van der Waals surface area contributed by atoms with Crippen LogP contribution in [-0.2, 0) is 14.9 Å². The zero-order chi connectivity index (χ0) is 17.9. The first kappa shape index (κ1) is 15.2. The maximum absolute atomic E-state index is 13.8. The summed E-state index contributed by atoms with van der Waals surface area (Å²) in [4.78, 5) is 12.9. The molecule has 1 aromatic rings. The van der Waals surface area contributed by atoms with E-state index in [1.165, 1.54) is 12.7 Å². The Morgan fingerprint density at radius 1 is 1.38 bits per heavy atom. The van der Waals surface area contributed by atoms with E-state index >= 15 is 0 Å². The van der Waals surface area contributed by atoms with Gasteiger partial charge >= 0.3 is 5.97 Å². The standard InChI is InChI=1S/C21H24N2O3/c1-12-16-13-6-5-10-23(25)11-9-20(18(13)23)14-7-3-4-8-15(14)22-21(12,20)17(16)19(24)26-2/h3-8,12-13,16-18,22H,9-11H2,1-2H3. The third-order valence-corrected chi connectivity index (χ3v) is 8.59. The SMILES string of the molecule is COC(=O)C1C2C3C=CC[N+]4([O-])CCC5(c6ccccc6NC15C2C)C34. The summed E-state index contributed by atoms with van der Waals surface area (Å²) in [5.74, 6) is 0.349. The number of rotatable bonds is 1. The van der Waals surface area contributed by atoms with Gasteiger partial charge in [-0.25, -0.2) is 0 Å². The van der Waals surface area contributed by atoms with E-state index in [0.29, 0.717) is 19.0 Å². The summed E-state index contributed by atoms with van der Waals surface area (Å²) in [6.07, 6.45) is 5.15. The van der Waals surface area contributed by atoms with Crippen molar-refractivity contribution < 1.29 is 14.2 Å². The van der Waals surface area contributed by atoms with E-state index in [1.807, 2.05) is 6.07 Å². The van der Waals surface area contributed by atoms with Crippen molar-refractivity contribution in [3.8, 4) is 0 Å². The van der Waals surface area contributed by atoms with Crippen molar-refractivity contribution in [1.29, 1.82) is 0 Å². The maximum Gasteiger partial charge on any atom is 0.311 e. The minimum Gasteiger partial charge on any atom is -0.632 e. The number of para-hydroxylation sites is 1. The number of benzene rings is 1. The summed E-state index contributed by atoms with van der Waals surface area (Å²) >= 11 is 0. The minimum atomic E-state index is -0.384. The number of fused-ring (bicyclic) bond motifs is 1. The topological polar surface area (TPSA) is 61.4 Å². The highest BCUT2D eigenvalue weighted by Crippen LogP contribution is 2.76. The number of esters is 1. The monoisotopic (exact) mass is 352 g/mol. The van der Waals surface area contributed by atoms with Gasteiger partial charge < -0.3 is 19.9 Å². The third kappa shape index (κ3) is 1.25. The molecular formula is C21H24N2O3. The Bertz CT molecular complexity index is 869. The molecular weight excluding hydrogens is 328 g/mol. The van der Waals surface area contributed by atoms with Crippen LogP contribution >= 0.6 is 0 Å². The second-order valence-electron chi connectivity index (χ2n) is 8.94. The molecule has 1 N–H and O–H groups in total. The average molecular weight is 352 g/mol. The molecule has 0 radical (unpaired) electrons. The van der Waals surface area contributed by atoms with E-state index in [1.54, 1.807) is 0 Å². The number of nitrogens with one attached hydrogen (secondary N) is 1. The maximum atomic E-state index is 13.8. The second kappa shape index (κ2) is 4.34. The fraction of sp³-hybridized carbons (Fsp3) is 0.571. The van der Waals surface area contributed by atoms with Gasteiger partial charge in [-0.2, -0.15) is 0 Å². The van der Waals surface area contributed by atoms with Crippen LogP contribution in [0, 0.1) is 28.9 Å². The molecule has 136 valence electrons. The molecule has 3 heterocycles. The molecule has 5 nitrogen and oxygen atoms in total. The summed E-state index contributed by atoms with van der Waals surface area (Å²) in [7, 11) is 1.49. The lowest BCUT2D eigenvalue weighted by Gasteiger charge is -2.73. The summed E-state index contributed by atoms with van der Waals surface area (Å²) in [5, 5.41) is 17.6. The molecule has 5 heteroatoms. The Hall–Kier alpha value is -1.85. The second-order valence-corrected chi connectivity index (χ2v) is 8.94. The first-order valence-electron chi connectivity index (χ1n) is 9.71. The molecule has 0 aromatic heterocycles. The number of carbonyl (C=O) groups is 1. The van der Waals surface area contributed by atoms with Crippen molar-refractivity contribution in [2.45, 2.75) is 30.3 Å². The van der Waals surface area contributed by atoms with E-state index in [9.17, 15) is 10.0 Å². The molecule has 2 spiro atoms. The minimum absolute atomic E-state index is 0.00533. The number of ether oxygens (including phenoxy) is 1. The summed E-state index contributed by atoms with van der Waals surface area (Å²) in [6, 6.07) is 8.41. The molecule has 6 aliphatic rings. The van der Waals surface area contributed by atoms with Gasteiger partial charge in [0.1, 0.15) is 6.04 Å². The molecule has 3 aliphatic heterocycles. The van der Waals surface area contributed by atoms with Crippen LogP contribution in [0.25, 0.3) is 0 Å². The Kier molecular flexibility index (Phi) is 2.54. The van der Waals surface area contributed by atoms with Crippen LogP contribution in [0.5, 0.6) is 0 Å². The van der Waals surface area contributed by atoms with Crippen LogP contribution in [0.15, 0.2) is 36.4 Å². The molecule has 1 aromatic carbocycles. The van der Waals surface area contributed by atoms with Gasteiger partial charge in [0.15, 0.2) is 0 Å². The number of quaternary nitrogens is 1. The highest BCUT2D eigenvalue weighted by molar-refractivity contribution is 5.83. The van der Waals surface area contributed by atoms with Crippen molar-refractivity contribution >= 4 is 11.7 Å². The quantitative estimate of drug-likeness (QED) is 0.365. The zero-order valence-electron chi connectivity index (χ0n) is 15.1. The number of anilines is 1. The van der Waals surface area contributed by atoms with Crippen LogP contribution in [-0.4, -0.2) is 42.4 Å². The van der Waals surface area contributed by atoms with Crippen molar-refractivity contribution in [2.24, 2.45) is 23.7 Å². The van der Waals surface area contributed by atoms with Gasteiger partial charge in [-0.05, 0) is 29.5 Å². The first-order valence-corrected chi connectivity index (χ1v) is 9.71. The molecule has 2 bridgehead atoms. The molecule has 1 saturated heterocycles. The molecule has 4 fully saturated rings. The molecule has 3 aliphatic carbocycles. The predicted octanol–water partition coefficient (Wildman–Crippen LogP) is 2.43. The fourth-order valence-electron chi connectivity index (χ4n) is 7.99. The van der Waals surface area contributed by atoms with Crippen molar-refractivity contribution in [2.75, 3.05) is 25.5 Å². The number of hydrogen-bond acceptors (Lipinski definition) is 4. The largest absolute Gasteiger partial charge is 0.632 e. The molecule has 0 amide bonds. The Labute approximate surface area is 153 Å². The summed E-state index contributed by atoms with van der Waals surface area (Å²) in [5.41, 5.74) is 1.69. The highest BCUT2D eigenvalue weighted by atomic mass is 16.6. The van der Waals surface area contributed by atoms with Crippen LogP contribution in [0.3, 0.4) is 0 Å². The Morgan fingerprint density at radius 2 is 2.19 bits per heavy atom. The number of carbonyl (C=O) groups excluding carboxylic acids is 1. The molecule has 8 unspecified atom stereocenters. The molecule has 3 saturated carbocycles. The lowest BCUT2D eigenvalue weighted by molar-refractivity contribution is -0.897. The third-order valence-electron chi connectivity index (χ3n) is 8.59. The van der Waals surface area contributed by atoms with E-state index < -0.39 is 0 Å². The Balaban J connectivity index is 1.68. The van der Waals surface area contributed by atoms with Crippen LogP contribution in [0.1, 0.15) is 18.9 Å². The molecule has 26 heavy (non-hydrogen) atoms. The van der Waals surface area contributed by atoms with Crippen LogP contribution < -0.4 is 5.32 Å². The fourth-order valence-corrected chi connectivity index (χ4v) is 7.99. The van der Waals surface area contributed by atoms with Gasteiger partial charge in [-0.1, -0.05) is 31.2 Å². The average Bonchev–Trinajstić information content (AvgIpc) is 3.15. The van der Waals surface area contributed by atoms with Gasteiger partial charge in [0.2, 0.25) is 0 Å². The number of nitrogens with zero attached hydrogens (tertiary/aromatic N) is 1. The lowest BCUT2D eigenvalue weighted by Crippen LogP contribution is -2.85. The number of hydroxylamine groups is 3. The first-order chi connectivity index (χ1) is 12.5. The summed E-state index contributed by atoms with van der Waals surface area (Å²) < 4.78 is 5.13. The van der Waals surface area contributed by atoms with Crippen molar-refractivity contribution in [1.82, 2.24) is 0 Å². The molecule has 8 atom stereocenters. The highest BCUT2D eigenvalue weighted by Gasteiger charge is 2.86. The Morgan fingerprint density at radius 3 is 3.00 bits per heavy atom. The van der Waals surface area contributed by atoms with Crippen molar-refractivity contribution in [3.63, 3.8) is 0 Å². The van der Waals surface area contributed by atoms with E-state index in [-0.39, 0.29) is 45.4 Å². The normalized spacial score (nSPS) is 51.6. The molecule has 7 rings (SSSR count).